The van der Waals surface area contributed by atoms with Gasteiger partial charge in [-0.3, -0.25) is 0 Å². The van der Waals surface area contributed by atoms with Crippen molar-refractivity contribution in [2.45, 2.75) is 13.1 Å². The van der Waals surface area contributed by atoms with Gasteiger partial charge in [0.1, 0.15) is 0 Å². The Hall–Kier alpha value is -1.69. The zero-order valence-corrected chi connectivity index (χ0v) is 12.5. The predicted molar refractivity (Wildman–Crippen MR) is 82.6 cm³/mol. The molecule has 5 heteroatoms. The summed E-state index contributed by atoms with van der Waals surface area (Å²) >= 11 is 0. The Labute approximate surface area is 125 Å². The zero-order chi connectivity index (χ0) is 14.7. The average molecular weight is 302 g/mol. The van der Waals surface area contributed by atoms with Gasteiger partial charge in [0.15, 0.2) is 0 Å². The third-order valence-electron chi connectivity index (χ3n) is 3.65. The van der Waals surface area contributed by atoms with Crippen LogP contribution in [0.5, 0.6) is 0 Å². The minimum atomic E-state index is -3.36. The lowest BCUT2D eigenvalue weighted by molar-refractivity contribution is 0.437. The van der Waals surface area contributed by atoms with Gasteiger partial charge in [-0.2, -0.15) is 17.0 Å². The minimum absolute atomic E-state index is 0.439. The molecule has 0 saturated carbocycles. The number of benzene rings is 2. The van der Waals surface area contributed by atoms with Crippen LogP contribution in [0.25, 0.3) is 0 Å². The summed E-state index contributed by atoms with van der Waals surface area (Å²) in [6.45, 7) is 1.97. The lowest BCUT2D eigenvalue weighted by atomic mass is 10.2. The highest BCUT2D eigenvalue weighted by Gasteiger charge is 2.36. The summed E-state index contributed by atoms with van der Waals surface area (Å²) in [5, 5.41) is 0. The van der Waals surface area contributed by atoms with Crippen molar-refractivity contribution in [3.63, 3.8) is 0 Å². The van der Waals surface area contributed by atoms with Gasteiger partial charge in [-0.05, 0) is 11.1 Å². The van der Waals surface area contributed by atoms with E-state index in [1.807, 2.05) is 60.7 Å². The van der Waals surface area contributed by atoms with Crippen molar-refractivity contribution >= 4 is 10.2 Å². The Balaban J connectivity index is 1.73. The van der Waals surface area contributed by atoms with E-state index < -0.39 is 10.2 Å². The molecule has 1 aliphatic rings. The molecular formula is C16H18N2O2S. The van der Waals surface area contributed by atoms with Gasteiger partial charge in [0.25, 0.3) is 10.2 Å². The fourth-order valence-corrected chi connectivity index (χ4v) is 4.09. The maximum atomic E-state index is 12.6. The molecule has 0 aliphatic carbocycles. The molecule has 0 amide bonds. The zero-order valence-electron chi connectivity index (χ0n) is 11.7. The van der Waals surface area contributed by atoms with Gasteiger partial charge < -0.3 is 0 Å². The lowest BCUT2D eigenvalue weighted by Gasteiger charge is -2.18. The van der Waals surface area contributed by atoms with Crippen LogP contribution in [0.4, 0.5) is 0 Å². The normalized spacial score (nSPS) is 18.9. The second-order valence-corrected chi connectivity index (χ2v) is 7.07. The molecule has 0 atom stereocenters. The van der Waals surface area contributed by atoms with Crippen LogP contribution in [0.15, 0.2) is 60.7 Å². The summed E-state index contributed by atoms with van der Waals surface area (Å²) < 4.78 is 28.2. The van der Waals surface area contributed by atoms with E-state index in [0.717, 1.165) is 11.1 Å². The smallest absolute Gasteiger partial charge is 0.195 e. The molecule has 0 bridgehead atoms. The van der Waals surface area contributed by atoms with Crippen LogP contribution in [0.1, 0.15) is 11.1 Å². The van der Waals surface area contributed by atoms with Crippen molar-refractivity contribution in [3.8, 4) is 0 Å². The van der Waals surface area contributed by atoms with Crippen molar-refractivity contribution in [1.82, 2.24) is 8.61 Å². The number of hydrogen-bond donors (Lipinski definition) is 0. The minimum Gasteiger partial charge on any atom is -0.195 e. The Morgan fingerprint density at radius 2 is 1.10 bits per heavy atom. The topological polar surface area (TPSA) is 40.6 Å². The molecule has 2 aromatic rings. The summed E-state index contributed by atoms with van der Waals surface area (Å²) in [5.74, 6) is 0. The standard InChI is InChI=1S/C16H18N2O2S/c19-21(20)17(13-15-7-3-1-4-8-15)11-12-18(21)14-16-9-5-2-6-10-16/h1-10H,11-14H2. The van der Waals surface area contributed by atoms with E-state index in [9.17, 15) is 8.42 Å². The largest absolute Gasteiger partial charge is 0.282 e. The highest BCUT2D eigenvalue weighted by Crippen LogP contribution is 2.21. The van der Waals surface area contributed by atoms with Gasteiger partial charge in [0.05, 0.1) is 0 Å². The SMILES string of the molecule is O=S1(=O)N(Cc2ccccc2)CCN1Cc1ccccc1. The van der Waals surface area contributed by atoms with Crippen molar-refractivity contribution < 1.29 is 8.42 Å². The Kier molecular flexibility index (Phi) is 4.05. The van der Waals surface area contributed by atoms with Crippen LogP contribution in [-0.2, 0) is 23.3 Å². The monoisotopic (exact) mass is 302 g/mol. The highest BCUT2D eigenvalue weighted by atomic mass is 32.2. The van der Waals surface area contributed by atoms with Crippen molar-refractivity contribution in [1.29, 1.82) is 0 Å². The fourth-order valence-electron chi connectivity index (χ4n) is 2.51. The molecule has 1 fully saturated rings. The third kappa shape index (κ3) is 3.15. The van der Waals surface area contributed by atoms with Crippen LogP contribution in [0, 0.1) is 0 Å². The van der Waals surface area contributed by atoms with E-state index in [1.54, 1.807) is 8.61 Å². The molecule has 2 aromatic carbocycles. The van der Waals surface area contributed by atoms with Crippen LogP contribution in [0.3, 0.4) is 0 Å². The first kappa shape index (κ1) is 14.3. The Morgan fingerprint density at radius 3 is 1.48 bits per heavy atom. The molecule has 0 unspecified atom stereocenters. The maximum absolute atomic E-state index is 12.6. The quantitative estimate of drug-likeness (QED) is 0.869. The molecule has 0 radical (unpaired) electrons. The van der Waals surface area contributed by atoms with Crippen LogP contribution < -0.4 is 0 Å². The molecule has 4 nitrogen and oxygen atoms in total. The van der Waals surface area contributed by atoms with E-state index in [1.165, 1.54) is 0 Å². The molecular weight excluding hydrogens is 284 g/mol. The summed E-state index contributed by atoms with van der Waals surface area (Å²) in [4.78, 5) is 0. The van der Waals surface area contributed by atoms with Gasteiger partial charge in [-0.25, -0.2) is 0 Å². The van der Waals surface area contributed by atoms with Crippen LogP contribution >= 0.6 is 0 Å². The number of nitrogens with zero attached hydrogens (tertiary/aromatic N) is 2. The first-order chi connectivity index (χ1) is 10.2. The number of hydrogen-bond acceptors (Lipinski definition) is 2. The summed E-state index contributed by atoms with van der Waals surface area (Å²) in [5.41, 5.74) is 2.03. The van der Waals surface area contributed by atoms with Crippen molar-refractivity contribution in [2.75, 3.05) is 13.1 Å². The van der Waals surface area contributed by atoms with Gasteiger partial charge >= 0.3 is 0 Å². The van der Waals surface area contributed by atoms with Crippen LogP contribution in [-0.4, -0.2) is 30.1 Å². The highest BCUT2D eigenvalue weighted by molar-refractivity contribution is 7.86. The van der Waals surface area contributed by atoms with Crippen LogP contribution in [0.2, 0.25) is 0 Å². The summed E-state index contributed by atoms with van der Waals surface area (Å²) in [6, 6.07) is 19.4. The maximum Gasteiger partial charge on any atom is 0.282 e. The van der Waals surface area contributed by atoms with E-state index in [0.29, 0.717) is 26.2 Å². The summed E-state index contributed by atoms with van der Waals surface area (Å²) in [6.07, 6.45) is 0. The van der Waals surface area contributed by atoms with E-state index in [4.69, 9.17) is 0 Å². The first-order valence-corrected chi connectivity index (χ1v) is 8.39. The molecule has 0 spiro atoms. The third-order valence-corrected chi connectivity index (χ3v) is 5.58. The van der Waals surface area contributed by atoms with Gasteiger partial charge in [0, 0.05) is 26.2 Å². The second-order valence-electron chi connectivity index (χ2n) is 5.15. The molecule has 21 heavy (non-hydrogen) atoms. The molecule has 3 rings (SSSR count). The van der Waals surface area contributed by atoms with Gasteiger partial charge in [-0.1, -0.05) is 60.7 Å². The molecule has 1 aliphatic heterocycles. The van der Waals surface area contributed by atoms with Gasteiger partial charge in [0.2, 0.25) is 0 Å². The molecule has 1 saturated heterocycles. The average Bonchev–Trinajstić information content (AvgIpc) is 2.77. The lowest BCUT2D eigenvalue weighted by Crippen LogP contribution is -2.32. The fraction of sp³-hybridized carbons (Fsp3) is 0.250. The second kappa shape index (κ2) is 5.97. The Bertz CT molecular complexity index is 631. The van der Waals surface area contributed by atoms with E-state index >= 15 is 0 Å². The van der Waals surface area contributed by atoms with Gasteiger partial charge in [-0.15, -0.1) is 0 Å². The Morgan fingerprint density at radius 1 is 0.714 bits per heavy atom. The predicted octanol–water partition coefficient (Wildman–Crippen LogP) is 2.25. The molecule has 0 aromatic heterocycles. The molecule has 110 valence electrons. The van der Waals surface area contributed by atoms with E-state index in [-0.39, 0.29) is 0 Å². The number of rotatable bonds is 4. The molecule has 0 N–H and O–H groups in total. The first-order valence-electron chi connectivity index (χ1n) is 6.99. The van der Waals surface area contributed by atoms with E-state index in [2.05, 4.69) is 0 Å². The van der Waals surface area contributed by atoms with Crippen molar-refractivity contribution in [3.05, 3.63) is 71.8 Å². The van der Waals surface area contributed by atoms with Crippen molar-refractivity contribution in [2.24, 2.45) is 0 Å². The summed E-state index contributed by atoms with van der Waals surface area (Å²) in [7, 11) is -3.36. The molecule has 1 heterocycles.